The Morgan fingerprint density at radius 2 is 2.22 bits per heavy atom. The largest absolute Gasteiger partial charge is 0.334 e. The first-order chi connectivity index (χ1) is 8.61. The molecule has 1 aromatic heterocycles. The number of hydrogen-bond acceptors (Lipinski definition) is 5. The van der Waals surface area contributed by atoms with E-state index in [9.17, 15) is 4.39 Å². The molecule has 0 amide bonds. The van der Waals surface area contributed by atoms with Crippen molar-refractivity contribution in [2.24, 2.45) is 0 Å². The smallest absolute Gasteiger partial charge is 0.259 e. The van der Waals surface area contributed by atoms with Gasteiger partial charge in [0.2, 0.25) is 0 Å². The van der Waals surface area contributed by atoms with Crippen molar-refractivity contribution in [1.82, 2.24) is 15.0 Å². The topological polar surface area (TPSA) is 66.0 Å². The second-order valence-electron chi connectivity index (χ2n) is 4.03. The van der Waals surface area contributed by atoms with Crippen molar-refractivity contribution in [1.29, 1.82) is 5.26 Å². The van der Waals surface area contributed by atoms with Gasteiger partial charge < -0.3 is 9.42 Å². The van der Waals surface area contributed by atoms with Crippen LogP contribution in [0, 0.1) is 17.1 Å². The molecule has 0 bridgehead atoms. The molecule has 0 aliphatic rings. The van der Waals surface area contributed by atoms with Crippen LogP contribution in [0.4, 0.5) is 4.39 Å². The molecular formula is C12H11FN4O. The molecule has 2 aromatic rings. The third kappa shape index (κ3) is 2.36. The Hall–Kier alpha value is -2.26. The van der Waals surface area contributed by atoms with Gasteiger partial charge in [-0.05, 0) is 26.2 Å². The molecule has 1 heterocycles. The molecule has 92 valence electrons. The van der Waals surface area contributed by atoms with E-state index in [0.717, 1.165) is 0 Å². The van der Waals surface area contributed by atoms with Gasteiger partial charge in [-0.25, -0.2) is 4.39 Å². The van der Waals surface area contributed by atoms with Gasteiger partial charge in [-0.1, -0.05) is 11.2 Å². The minimum atomic E-state index is -0.595. The van der Waals surface area contributed by atoms with Gasteiger partial charge in [0.15, 0.2) is 5.82 Å². The van der Waals surface area contributed by atoms with E-state index in [0.29, 0.717) is 17.9 Å². The minimum absolute atomic E-state index is 0.0856. The lowest BCUT2D eigenvalue weighted by Crippen LogP contribution is -2.11. The molecule has 0 N–H and O–H groups in total. The maximum atomic E-state index is 13.4. The van der Waals surface area contributed by atoms with Gasteiger partial charge >= 0.3 is 0 Å². The predicted octanol–water partition coefficient (Wildman–Crippen LogP) is 1.81. The summed E-state index contributed by atoms with van der Waals surface area (Å²) in [6, 6.07) is 6.10. The molecule has 0 fully saturated rings. The van der Waals surface area contributed by atoms with Crippen molar-refractivity contribution in [2.75, 3.05) is 14.1 Å². The molecule has 1 aromatic carbocycles. The fraction of sp³-hybridized carbons (Fsp3) is 0.250. The van der Waals surface area contributed by atoms with Crippen LogP contribution in [-0.4, -0.2) is 29.1 Å². The van der Waals surface area contributed by atoms with Crippen LogP contribution >= 0.6 is 0 Å². The standard InChI is InChI=1S/C12H11FN4O/c1-17(2)7-11-15-12(18-16-11)8-4-3-5-10(13)9(8)6-14/h3-5H,7H2,1-2H3. The minimum Gasteiger partial charge on any atom is -0.334 e. The zero-order valence-corrected chi connectivity index (χ0v) is 10.0. The molecule has 0 saturated carbocycles. The number of hydrogen-bond donors (Lipinski definition) is 0. The molecule has 0 unspecified atom stereocenters. The lowest BCUT2D eigenvalue weighted by Gasteiger charge is -2.03. The third-order valence-corrected chi connectivity index (χ3v) is 2.28. The van der Waals surface area contributed by atoms with Crippen molar-refractivity contribution < 1.29 is 8.91 Å². The Bertz CT molecular complexity index is 600. The van der Waals surface area contributed by atoms with E-state index in [2.05, 4.69) is 10.1 Å². The van der Waals surface area contributed by atoms with E-state index in [1.54, 1.807) is 12.1 Å². The average molecular weight is 246 g/mol. The van der Waals surface area contributed by atoms with Crippen LogP contribution in [0.3, 0.4) is 0 Å². The van der Waals surface area contributed by atoms with Gasteiger partial charge in [-0.15, -0.1) is 0 Å². The number of aromatic nitrogens is 2. The lowest BCUT2D eigenvalue weighted by atomic mass is 10.1. The number of halogens is 1. The molecule has 0 aliphatic carbocycles. The maximum Gasteiger partial charge on any atom is 0.259 e. The third-order valence-electron chi connectivity index (χ3n) is 2.28. The van der Waals surface area contributed by atoms with E-state index < -0.39 is 5.82 Å². The summed E-state index contributed by atoms with van der Waals surface area (Å²) in [5.41, 5.74) is 0.229. The first-order valence-electron chi connectivity index (χ1n) is 5.28. The maximum absolute atomic E-state index is 13.4. The second kappa shape index (κ2) is 4.94. The van der Waals surface area contributed by atoms with E-state index in [-0.39, 0.29) is 11.5 Å². The van der Waals surface area contributed by atoms with Crippen LogP contribution in [0.1, 0.15) is 11.4 Å². The highest BCUT2D eigenvalue weighted by Crippen LogP contribution is 2.23. The van der Waals surface area contributed by atoms with Crippen LogP contribution in [0.15, 0.2) is 22.7 Å². The molecule has 0 spiro atoms. The highest BCUT2D eigenvalue weighted by atomic mass is 19.1. The zero-order valence-electron chi connectivity index (χ0n) is 10.0. The molecule has 5 nitrogen and oxygen atoms in total. The van der Waals surface area contributed by atoms with E-state index in [4.69, 9.17) is 9.78 Å². The van der Waals surface area contributed by atoms with Crippen molar-refractivity contribution in [3.05, 3.63) is 35.4 Å². The highest BCUT2D eigenvalue weighted by Gasteiger charge is 2.16. The first kappa shape index (κ1) is 12.2. The molecule has 0 radical (unpaired) electrons. The van der Waals surface area contributed by atoms with Gasteiger partial charge in [0, 0.05) is 0 Å². The van der Waals surface area contributed by atoms with E-state index in [1.165, 1.54) is 12.1 Å². The van der Waals surface area contributed by atoms with Crippen LogP contribution in [0.2, 0.25) is 0 Å². The lowest BCUT2D eigenvalue weighted by molar-refractivity contribution is 0.365. The van der Waals surface area contributed by atoms with Crippen molar-refractivity contribution >= 4 is 0 Å². The van der Waals surface area contributed by atoms with Crippen molar-refractivity contribution in [3.8, 4) is 17.5 Å². The van der Waals surface area contributed by atoms with Gasteiger partial charge in [0.05, 0.1) is 12.1 Å². The normalized spacial score (nSPS) is 10.6. The monoisotopic (exact) mass is 246 g/mol. The summed E-state index contributed by atoms with van der Waals surface area (Å²) in [5.74, 6) is 0.0495. The summed E-state index contributed by atoms with van der Waals surface area (Å²) in [6.45, 7) is 0.515. The van der Waals surface area contributed by atoms with Crippen LogP contribution in [0.25, 0.3) is 11.5 Å². The summed E-state index contributed by atoms with van der Waals surface area (Å²) in [7, 11) is 3.75. The van der Waals surface area contributed by atoms with Gasteiger partial charge in [-0.3, -0.25) is 0 Å². The Kier molecular flexibility index (Phi) is 3.35. The quantitative estimate of drug-likeness (QED) is 0.826. The number of nitrogens with zero attached hydrogens (tertiary/aromatic N) is 4. The van der Waals surface area contributed by atoms with Crippen LogP contribution in [0.5, 0.6) is 0 Å². The number of benzene rings is 1. The van der Waals surface area contributed by atoms with Gasteiger partial charge in [-0.2, -0.15) is 10.2 Å². The van der Waals surface area contributed by atoms with E-state index in [1.807, 2.05) is 19.0 Å². The summed E-state index contributed by atoms with van der Waals surface area (Å²) in [4.78, 5) is 6.01. The molecule has 0 atom stereocenters. The Balaban J connectivity index is 2.41. The summed E-state index contributed by atoms with van der Waals surface area (Å²) >= 11 is 0. The molecule has 2 rings (SSSR count). The molecule has 6 heteroatoms. The van der Waals surface area contributed by atoms with Crippen LogP contribution in [-0.2, 0) is 6.54 Å². The summed E-state index contributed by atoms with van der Waals surface area (Å²) < 4.78 is 18.5. The Morgan fingerprint density at radius 3 is 2.89 bits per heavy atom. The fourth-order valence-electron chi connectivity index (χ4n) is 1.53. The van der Waals surface area contributed by atoms with Gasteiger partial charge in [0.1, 0.15) is 17.4 Å². The number of rotatable bonds is 3. The van der Waals surface area contributed by atoms with Crippen molar-refractivity contribution in [3.63, 3.8) is 0 Å². The second-order valence-corrected chi connectivity index (χ2v) is 4.03. The summed E-state index contributed by atoms with van der Waals surface area (Å²) in [5, 5.41) is 12.7. The highest BCUT2D eigenvalue weighted by molar-refractivity contribution is 5.63. The summed E-state index contributed by atoms with van der Waals surface area (Å²) in [6.07, 6.45) is 0. The molecular weight excluding hydrogens is 235 g/mol. The number of nitriles is 1. The zero-order chi connectivity index (χ0) is 13.1. The predicted molar refractivity (Wildman–Crippen MR) is 61.8 cm³/mol. The molecule has 18 heavy (non-hydrogen) atoms. The Morgan fingerprint density at radius 1 is 1.44 bits per heavy atom. The molecule has 0 aliphatic heterocycles. The molecule has 0 saturated heterocycles. The average Bonchev–Trinajstić information content (AvgIpc) is 2.76. The first-order valence-corrected chi connectivity index (χ1v) is 5.28. The van der Waals surface area contributed by atoms with E-state index >= 15 is 0 Å². The SMILES string of the molecule is CN(C)Cc1noc(-c2cccc(F)c2C#N)n1. The Labute approximate surface area is 103 Å². The van der Waals surface area contributed by atoms with Gasteiger partial charge in [0.25, 0.3) is 5.89 Å². The van der Waals surface area contributed by atoms with Crippen molar-refractivity contribution in [2.45, 2.75) is 6.54 Å². The van der Waals surface area contributed by atoms with Crippen LogP contribution < -0.4 is 0 Å². The fourth-order valence-corrected chi connectivity index (χ4v) is 1.53.